The molecule has 3 heteroatoms. The molecule has 0 fully saturated rings. The number of hydrogen-bond acceptors (Lipinski definition) is 3. The standard InChI is InChI=1S/C25H20O3/c1-18-7-11-21(12-8-18)24-16-22(25(26)28-24)15-19-9-13-23(14-10-19)27-17-20-5-3-2-4-6-20/h2-16H,17H2,1H3. The quantitative estimate of drug-likeness (QED) is 0.437. The Bertz CT molecular complexity index is 1030. The van der Waals surface area contributed by atoms with Crippen LogP contribution in [0.1, 0.15) is 22.3 Å². The average Bonchev–Trinajstić information content (AvgIpc) is 3.09. The van der Waals surface area contributed by atoms with E-state index in [0.29, 0.717) is 17.9 Å². The highest BCUT2D eigenvalue weighted by Gasteiger charge is 2.21. The maximum atomic E-state index is 12.2. The monoisotopic (exact) mass is 368 g/mol. The first-order valence-electron chi connectivity index (χ1n) is 9.17. The van der Waals surface area contributed by atoms with Gasteiger partial charge in [-0.3, -0.25) is 0 Å². The van der Waals surface area contributed by atoms with Crippen LogP contribution >= 0.6 is 0 Å². The molecule has 1 aliphatic heterocycles. The summed E-state index contributed by atoms with van der Waals surface area (Å²) < 4.78 is 11.2. The fourth-order valence-electron chi connectivity index (χ4n) is 2.93. The summed E-state index contributed by atoms with van der Waals surface area (Å²) in [5, 5.41) is 0. The minimum absolute atomic E-state index is 0.333. The Balaban J connectivity index is 1.46. The molecule has 1 aliphatic rings. The predicted molar refractivity (Wildman–Crippen MR) is 110 cm³/mol. The van der Waals surface area contributed by atoms with Crippen LogP contribution in [0.2, 0.25) is 0 Å². The van der Waals surface area contributed by atoms with Crippen molar-refractivity contribution in [2.45, 2.75) is 13.5 Å². The number of esters is 1. The number of cyclic esters (lactones) is 1. The molecule has 0 bridgehead atoms. The minimum Gasteiger partial charge on any atom is -0.489 e. The zero-order valence-corrected chi connectivity index (χ0v) is 15.6. The number of aryl methyl sites for hydroxylation is 1. The molecule has 3 aromatic rings. The van der Waals surface area contributed by atoms with Gasteiger partial charge in [-0.2, -0.15) is 0 Å². The summed E-state index contributed by atoms with van der Waals surface area (Å²) in [5.74, 6) is 1.04. The summed E-state index contributed by atoms with van der Waals surface area (Å²) in [6.07, 6.45) is 3.61. The summed E-state index contributed by atoms with van der Waals surface area (Å²) in [4.78, 5) is 12.2. The van der Waals surface area contributed by atoms with E-state index in [2.05, 4.69) is 0 Å². The molecule has 0 aromatic heterocycles. The first-order chi connectivity index (χ1) is 13.7. The van der Waals surface area contributed by atoms with E-state index >= 15 is 0 Å². The van der Waals surface area contributed by atoms with Crippen molar-refractivity contribution in [2.24, 2.45) is 0 Å². The normalized spacial score (nSPS) is 14.7. The van der Waals surface area contributed by atoms with E-state index in [4.69, 9.17) is 9.47 Å². The lowest BCUT2D eigenvalue weighted by atomic mass is 10.1. The number of carbonyl (C=O) groups excluding carboxylic acids is 1. The van der Waals surface area contributed by atoms with Crippen LogP contribution in [-0.2, 0) is 16.1 Å². The Morgan fingerprint density at radius 3 is 2.32 bits per heavy atom. The van der Waals surface area contributed by atoms with E-state index in [0.717, 1.165) is 22.4 Å². The third kappa shape index (κ3) is 4.21. The van der Waals surface area contributed by atoms with Crippen LogP contribution < -0.4 is 4.74 Å². The molecule has 0 atom stereocenters. The molecule has 0 aliphatic carbocycles. The number of carbonyl (C=O) groups is 1. The van der Waals surface area contributed by atoms with Crippen molar-refractivity contribution in [3.05, 3.63) is 113 Å². The lowest BCUT2D eigenvalue weighted by molar-refractivity contribution is -0.130. The molecule has 0 unspecified atom stereocenters. The third-order valence-electron chi connectivity index (χ3n) is 4.51. The van der Waals surface area contributed by atoms with E-state index < -0.39 is 0 Å². The summed E-state index contributed by atoms with van der Waals surface area (Å²) in [6, 6.07) is 25.6. The van der Waals surface area contributed by atoms with Crippen LogP contribution in [0.4, 0.5) is 0 Å². The van der Waals surface area contributed by atoms with Crippen molar-refractivity contribution in [3.8, 4) is 5.75 Å². The largest absolute Gasteiger partial charge is 0.489 e. The van der Waals surface area contributed by atoms with Crippen molar-refractivity contribution in [1.29, 1.82) is 0 Å². The lowest BCUT2D eigenvalue weighted by Crippen LogP contribution is -1.97. The van der Waals surface area contributed by atoms with Crippen molar-refractivity contribution in [3.63, 3.8) is 0 Å². The van der Waals surface area contributed by atoms with Crippen molar-refractivity contribution < 1.29 is 14.3 Å². The molecule has 0 saturated carbocycles. The summed E-state index contributed by atoms with van der Waals surface area (Å²) in [7, 11) is 0. The second-order valence-electron chi connectivity index (χ2n) is 6.71. The van der Waals surface area contributed by atoms with E-state index in [1.807, 2.05) is 91.9 Å². The molecule has 28 heavy (non-hydrogen) atoms. The Morgan fingerprint density at radius 1 is 0.893 bits per heavy atom. The van der Waals surface area contributed by atoms with Crippen LogP contribution in [-0.4, -0.2) is 5.97 Å². The van der Waals surface area contributed by atoms with Gasteiger partial charge in [0.05, 0.1) is 5.57 Å². The molecule has 0 spiro atoms. The summed E-state index contributed by atoms with van der Waals surface area (Å²) in [6.45, 7) is 2.55. The van der Waals surface area contributed by atoms with Gasteiger partial charge in [-0.25, -0.2) is 4.79 Å². The summed E-state index contributed by atoms with van der Waals surface area (Å²) in [5.41, 5.74) is 4.64. The van der Waals surface area contributed by atoms with Gasteiger partial charge in [-0.1, -0.05) is 72.3 Å². The molecule has 4 rings (SSSR count). The maximum absolute atomic E-state index is 12.2. The van der Waals surface area contributed by atoms with Crippen LogP contribution in [0.25, 0.3) is 11.8 Å². The van der Waals surface area contributed by atoms with Gasteiger partial charge in [-0.05, 0) is 42.3 Å². The predicted octanol–water partition coefficient (Wildman–Crippen LogP) is 5.56. The number of hydrogen-bond donors (Lipinski definition) is 0. The molecular weight excluding hydrogens is 348 g/mol. The average molecular weight is 368 g/mol. The van der Waals surface area contributed by atoms with Gasteiger partial charge in [0.25, 0.3) is 0 Å². The fourth-order valence-corrected chi connectivity index (χ4v) is 2.93. The Kier molecular flexibility index (Phi) is 5.07. The van der Waals surface area contributed by atoms with Gasteiger partial charge in [0.2, 0.25) is 0 Å². The van der Waals surface area contributed by atoms with E-state index in [1.165, 1.54) is 5.56 Å². The lowest BCUT2D eigenvalue weighted by Gasteiger charge is -2.06. The Morgan fingerprint density at radius 2 is 1.61 bits per heavy atom. The number of benzene rings is 3. The molecule has 0 saturated heterocycles. The van der Waals surface area contributed by atoms with E-state index in [1.54, 1.807) is 6.08 Å². The Labute approximate surface area is 164 Å². The van der Waals surface area contributed by atoms with E-state index in [-0.39, 0.29) is 5.97 Å². The molecule has 138 valence electrons. The molecule has 3 nitrogen and oxygen atoms in total. The molecule has 3 aromatic carbocycles. The van der Waals surface area contributed by atoms with Gasteiger partial charge in [0, 0.05) is 5.56 Å². The molecule has 0 N–H and O–H groups in total. The zero-order valence-electron chi connectivity index (χ0n) is 15.6. The SMILES string of the molecule is Cc1ccc(C2=CC(=Cc3ccc(OCc4ccccc4)cc3)C(=O)O2)cc1. The van der Waals surface area contributed by atoms with Crippen LogP contribution in [0.15, 0.2) is 90.5 Å². The fraction of sp³-hybridized carbons (Fsp3) is 0.0800. The maximum Gasteiger partial charge on any atom is 0.343 e. The summed E-state index contributed by atoms with van der Waals surface area (Å²) >= 11 is 0. The molecule has 0 radical (unpaired) electrons. The number of rotatable bonds is 5. The van der Waals surface area contributed by atoms with Gasteiger partial charge < -0.3 is 9.47 Å². The van der Waals surface area contributed by atoms with Crippen LogP contribution in [0.3, 0.4) is 0 Å². The smallest absolute Gasteiger partial charge is 0.343 e. The number of ether oxygens (including phenoxy) is 2. The second-order valence-corrected chi connectivity index (χ2v) is 6.71. The third-order valence-corrected chi connectivity index (χ3v) is 4.51. The van der Waals surface area contributed by atoms with Crippen molar-refractivity contribution >= 4 is 17.8 Å². The molecule has 1 heterocycles. The van der Waals surface area contributed by atoms with Gasteiger partial charge in [0.1, 0.15) is 18.1 Å². The second kappa shape index (κ2) is 7.97. The molecular formula is C25H20O3. The molecule has 0 amide bonds. The zero-order chi connectivity index (χ0) is 19.3. The first-order valence-corrected chi connectivity index (χ1v) is 9.17. The Hall–Kier alpha value is -3.59. The van der Waals surface area contributed by atoms with Gasteiger partial charge >= 0.3 is 5.97 Å². The van der Waals surface area contributed by atoms with Gasteiger partial charge in [-0.15, -0.1) is 0 Å². The van der Waals surface area contributed by atoms with Crippen molar-refractivity contribution in [1.82, 2.24) is 0 Å². The van der Waals surface area contributed by atoms with Gasteiger partial charge in [0.15, 0.2) is 0 Å². The van der Waals surface area contributed by atoms with Crippen LogP contribution in [0, 0.1) is 6.92 Å². The highest BCUT2D eigenvalue weighted by Crippen LogP contribution is 2.28. The highest BCUT2D eigenvalue weighted by molar-refractivity contribution is 6.05. The van der Waals surface area contributed by atoms with Crippen LogP contribution in [0.5, 0.6) is 5.75 Å². The minimum atomic E-state index is -0.333. The van der Waals surface area contributed by atoms with E-state index in [9.17, 15) is 4.79 Å². The first kappa shape index (κ1) is 17.8. The topological polar surface area (TPSA) is 35.5 Å². The van der Waals surface area contributed by atoms with Crippen molar-refractivity contribution in [2.75, 3.05) is 0 Å². The highest BCUT2D eigenvalue weighted by atomic mass is 16.5.